The van der Waals surface area contributed by atoms with Crippen molar-refractivity contribution in [2.45, 2.75) is 26.4 Å². The molecule has 1 aliphatic rings. The molecule has 2 aromatic carbocycles. The molecule has 1 atom stereocenters. The molecule has 0 aromatic heterocycles. The third kappa shape index (κ3) is 4.13. The second-order valence-corrected chi connectivity index (χ2v) is 6.76. The van der Waals surface area contributed by atoms with Gasteiger partial charge in [0.1, 0.15) is 0 Å². The third-order valence-electron chi connectivity index (χ3n) is 4.61. The third-order valence-corrected chi connectivity index (χ3v) is 4.61. The lowest BCUT2D eigenvalue weighted by atomic mass is 10.1. The summed E-state index contributed by atoms with van der Waals surface area (Å²) < 4.78 is 38.4. The second-order valence-electron chi connectivity index (χ2n) is 6.76. The predicted octanol–water partition coefficient (Wildman–Crippen LogP) is 4.31. The molecule has 1 heterocycles. The number of nitrogens with one attached hydrogen (secondary N) is 1. The van der Waals surface area contributed by atoms with Gasteiger partial charge in [-0.05, 0) is 49.2 Å². The van der Waals surface area contributed by atoms with Crippen molar-refractivity contribution in [2.24, 2.45) is 5.92 Å². The van der Waals surface area contributed by atoms with Crippen LogP contribution in [0.4, 0.5) is 24.5 Å². The molecule has 1 fully saturated rings. The number of hydrogen-bond acceptors (Lipinski definition) is 2. The lowest BCUT2D eigenvalue weighted by Crippen LogP contribution is -2.28. The number of carbonyl (C=O) groups excluding carboxylic acids is 2. The van der Waals surface area contributed by atoms with Gasteiger partial charge in [0.2, 0.25) is 11.8 Å². The predicted molar refractivity (Wildman–Crippen MR) is 96.4 cm³/mol. The van der Waals surface area contributed by atoms with Gasteiger partial charge < -0.3 is 10.2 Å². The molecule has 27 heavy (non-hydrogen) atoms. The summed E-state index contributed by atoms with van der Waals surface area (Å²) >= 11 is 0. The Kier molecular flexibility index (Phi) is 4.95. The van der Waals surface area contributed by atoms with Gasteiger partial charge in [0, 0.05) is 24.3 Å². The summed E-state index contributed by atoms with van der Waals surface area (Å²) in [7, 11) is 0. The maximum absolute atomic E-state index is 12.8. The van der Waals surface area contributed by atoms with Gasteiger partial charge in [-0.25, -0.2) is 0 Å². The molecule has 142 valence electrons. The number of nitrogens with zero attached hydrogens (tertiary/aromatic N) is 1. The van der Waals surface area contributed by atoms with Crippen molar-refractivity contribution in [2.75, 3.05) is 16.8 Å². The highest BCUT2D eigenvalue weighted by molar-refractivity contribution is 6.03. The first-order chi connectivity index (χ1) is 12.6. The number of benzene rings is 2. The van der Waals surface area contributed by atoms with Crippen LogP contribution in [-0.4, -0.2) is 18.4 Å². The lowest BCUT2D eigenvalue weighted by molar-refractivity contribution is -0.137. The summed E-state index contributed by atoms with van der Waals surface area (Å²) in [6, 6.07) is 10.2. The van der Waals surface area contributed by atoms with Crippen molar-refractivity contribution in [3.8, 4) is 0 Å². The van der Waals surface area contributed by atoms with Gasteiger partial charge in [0.25, 0.3) is 0 Å². The van der Waals surface area contributed by atoms with Crippen LogP contribution < -0.4 is 10.2 Å². The molecule has 1 aliphatic heterocycles. The molecule has 2 aromatic rings. The molecule has 3 rings (SSSR count). The minimum absolute atomic E-state index is 0.0260. The molecule has 0 aliphatic carbocycles. The quantitative estimate of drug-likeness (QED) is 0.868. The summed E-state index contributed by atoms with van der Waals surface area (Å²) in [6.45, 7) is 4.01. The highest BCUT2D eigenvalue weighted by Crippen LogP contribution is 2.32. The Morgan fingerprint density at radius 2 is 1.89 bits per heavy atom. The van der Waals surface area contributed by atoms with Gasteiger partial charge in [-0.15, -0.1) is 0 Å². The number of amides is 2. The molecular weight excluding hydrogens is 357 g/mol. The summed E-state index contributed by atoms with van der Waals surface area (Å²) in [5, 5.41) is 2.50. The van der Waals surface area contributed by atoms with Gasteiger partial charge >= 0.3 is 6.18 Å². The minimum Gasteiger partial charge on any atom is -0.326 e. The largest absolute Gasteiger partial charge is 0.416 e. The summed E-state index contributed by atoms with van der Waals surface area (Å²) in [5.41, 5.74) is 1.91. The molecule has 4 nitrogen and oxygen atoms in total. The number of anilines is 2. The first-order valence-corrected chi connectivity index (χ1v) is 8.51. The molecule has 0 radical (unpaired) electrons. The van der Waals surface area contributed by atoms with Gasteiger partial charge in [-0.3, -0.25) is 9.59 Å². The van der Waals surface area contributed by atoms with Crippen LogP contribution in [0.25, 0.3) is 0 Å². The number of carbonyl (C=O) groups is 2. The zero-order valence-electron chi connectivity index (χ0n) is 14.9. The number of aryl methyl sites for hydroxylation is 2. The normalized spacial score (nSPS) is 17.3. The van der Waals surface area contributed by atoms with Crippen molar-refractivity contribution >= 4 is 23.2 Å². The molecular formula is C20H19F3N2O2. The van der Waals surface area contributed by atoms with Crippen LogP contribution in [0.2, 0.25) is 0 Å². The van der Waals surface area contributed by atoms with Crippen molar-refractivity contribution in [1.82, 2.24) is 0 Å². The average molecular weight is 376 g/mol. The summed E-state index contributed by atoms with van der Waals surface area (Å²) in [5.74, 6) is -1.25. The van der Waals surface area contributed by atoms with E-state index in [1.54, 1.807) is 4.90 Å². The number of alkyl halides is 3. The van der Waals surface area contributed by atoms with E-state index < -0.39 is 23.6 Å². The Hall–Kier alpha value is -2.83. The van der Waals surface area contributed by atoms with E-state index in [1.807, 2.05) is 32.0 Å². The van der Waals surface area contributed by atoms with E-state index in [9.17, 15) is 22.8 Å². The standard InChI is InChI=1S/C20H19F3N2O2/c1-12-6-7-13(2)17(8-12)25-11-14(9-18(25)26)19(27)24-16-5-3-4-15(10-16)20(21,22)23/h3-8,10,14H,9,11H2,1-2H3,(H,24,27)/t14-/m0/s1. The van der Waals surface area contributed by atoms with E-state index in [0.717, 1.165) is 28.9 Å². The van der Waals surface area contributed by atoms with Crippen LogP contribution in [0.15, 0.2) is 42.5 Å². The minimum atomic E-state index is -4.48. The monoisotopic (exact) mass is 376 g/mol. The fourth-order valence-corrected chi connectivity index (χ4v) is 3.14. The Balaban J connectivity index is 1.74. The van der Waals surface area contributed by atoms with Gasteiger partial charge in [-0.2, -0.15) is 13.2 Å². The van der Waals surface area contributed by atoms with Crippen LogP contribution in [0.5, 0.6) is 0 Å². The van der Waals surface area contributed by atoms with E-state index in [1.165, 1.54) is 12.1 Å². The van der Waals surface area contributed by atoms with E-state index >= 15 is 0 Å². The molecule has 0 unspecified atom stereocenters. The molecule has 0 spiro atoms. The Morgan fingerprint density at radius 1 is 1.15 bits per heavy atom. The Morgan fingerprint density at radius 3 is 2.59 bits per heavy atom. The number of halogens is 3. The van der Waals surface area contributed by atoms with Crippen LogP contribution in [0.1, 0.15) is 23.1 Å². The van der Waals surface area contributed by atoms with E-state index in [-0.39, 0.29) is 24.6 Å². The summed E-state index contributed by atoms with van der Waals surface area (Å²) in [6.07, 6.45) is -4.46. The topological polar surface area (TPSA) is 49.4 Å². The Labute approximate surface area is 155 Å². The SMILES string of the molecule is Cc1ccc(C)c(N2C[C@@H](C(=O)Nc3cccc(C(F)(F)F)c3)CC2=O)c1. The van der Waals surface area contributed by atoms with E-state index in [2.05, 4.69) is 5.32 Å². The second kappa shape index (κ2) is 7.06. The van der Waals surface area contributed by atoms with Crippen molar-refractivity contribution in [3.63, 3.8) is 0 Å². The average Bonchev–Trinajstić information content (AvgIpc) is 2.98. The maximum atomic E-state index is 12.8. The van der Waals surface area contributed by atoms with Crippen LogP contribution >= 0.6 is 0 Å². The summed E-state index contributed by atoms with van der Waals surface area (Å²) in [4.78, 5) is 26.4. The molecule has 1 N–H and O–H groups in total. The van der Waals surface area contributed by atoms with Crippen LogP contribution in [0, 0.1) is 19.8 Å². The van der Waals surface area contributed by atoms with Crippen molar-refractivity contribution in [3.05, 3.63) is 59.2 Å². The first kappa shape index (κ1) is 18.9. The molecule has 2 amide bonds. The number of rotatable bonds is 3. The zero-order valence-corrected chi connectivity index (χ0v) is 14.9. The lowest BCUT2D eigenvalue weighted by Gasteiger charge is -2.19. The van der Waals surface area contributed by atoms with Gasteiger partial charge in [-0.1, -0.05) is 18.2 Å². The number of hydrogen-bond donors (Lipinski definition) is 1. The van der Waals surface area contributed by atoms with Crippen LogP contribution in [-0.2, 0) is 15.8 Å². The van der Waals surface area contributed by atoms with Crippen molar-refractivity contribution in [1.29, 1.82) is 0 Å². The highest BCUT2D eigenvalue weighted by atomic mass is 19.4. The molecule has 1 saturated heterocycles. The van der Waals surface area contributed by atoms with Gasteiger partial charge in [0.05, 0.1) is 11.5 Å². The maximum Gasteiger partial charge on any atom is 0.416 e. The Bertz CT molecular complexity index is 893. The van der Waals surface area contributed by atoms with E-state index in [0.29, 0.717) is 0 Å². The highest BCUT2D eigenvalue weighted by Gasteiger charge is 2.36. The van der Waals surface area contributed by atoms with Crippen LogP contribution in [0.3, 0.4) is 0 Å². The molecule has 7 heteroatoms. The smallest absolute Gasteiger partial charge is 0.326 e. The molecule has 0 saturated carbocycles. The van der Waals surface area contributed by atoms with Crippen molar-refractivity contribution < 1.29 is 22.8 Å². The fraction of sp³-hybridized carbons (Fsp3) is 0.300. The van der Waals surface area contributed by atoms with Gasteiger partial charge in [0.15, 0.2) is 0 Å². The zero-order chi connectivity index (χ0) is 19.8. The first-order valence-electron chi connectivity index (χ1n) is 8.51. The molecule has 0 bridgehead atoms. The van der Waals surface area contributed by atoms with E-state index in [4.69, 9.17) is 0 Å². The fourth-order valence-electron chi connectivity index (χ4n) is 3.14.